The molecule has 32 heavy (non-hydrogen) atoms. The molecule has 0 aliphatic carbocycles. The third kappa shape index (κ3) is 4.97. The van der Waals surface area contributed by atoms with Gasteiger partial charge in [0, 0.05) is 11.3 Å². The molecule has 0 saturated carbocycles. The van der Waals surface area contributed by atoms with Gasteiger partial charge in [0.25, 0.3) is 0 Å². The van der Waals surface area contributed by atoms with E-state index in [1.165, 1.54) is 17.8 Å². The lowest BCUT2D eigenvalue weighted by Crippen LogP contribution is -2.08. The molecule has 0 amide bonds. The van der Waals surface area contributed by atoms with Gasteiger partial charge in [-0.3, -0.25) is 9.36 Å². The summed E-state index contributed by atoms with van der Waals surface area (Å²) in [6.07, 6.45) is 0. The number of para-hydroxylation sites is 2. The molecular weight excluding hydrogens is 429 g/mol. The molecule has 4 aromatic rings. The number of halogens is 1. The van der Waals surface area contributed by atoms with Gasteiger partial charge in [-0.15, -0.1) is 10.2 Å². The van der Waals surface area contributed by atoms with Crippen molar-refractivity contribution >= 4 is 17.5 Å². The van der Waals surface area contributed by atoms with Gasteiger partial charge in [-0.2, -0.15) is 0 Å². The highest BCUT2D eigenvalue weighted by molar-refractivity contribution is 7.99. The lowest BCUT2D eigenvalue weighted by molar-refractivity contribution is 0.102. The number of carbonyl (C=O) groups excluding carboxylic acids is 1. The van der Waals surface area contributed by atoms with Crippen molar-refractivity contribution in [2.45, 2.75) is 11.8 Å². The first-order chi connectivity index (χ1) is 15.7. The summed E-state index contributed by atoms with van der Waals surface area (Å²) < 4.78 is 26.5. The number of rotatable bonds is 9. The molecule has 0 radical (unpaired) electrons. The minimum Gasteiger partial charge on any atom is -0.497 e. The van der Waals surface area contributed by atoms with Crippen molar-refractivity contribution in [1.29, 1.82) is 0 Å². The number of methoxy groups -OCH3 is 1. The molecule has 0 aliphatic heterocycles. The second kappa shape index (κ2) is 10.1. The van der Waals surface area contributed by atoms with Gasteiger partial charge in [-0.05, 0) is 48.5 Å². The summed E-state index contributed by atoms with van der Waals surface area (Å²) in [6, 6.07) is 22.7. The van der Waals surface area contributed by atoms with E-state index in [2.05, 4.69) is 10.2 Å². The number of ketones is 1. The minimum absolute atomic E-state index is 0.0236. The summed E-state index contributed by atoms with van der Waals surface area (Å²) in [4.78, 5) is 12.6. The zero-order valence-corrected chi connectivity index (χ0v) is 18.1. The van der Waals surface area contributed by atoms with Crippen LogP contribution in [0, 0.1) is 5.82 Å². The Labute approximate surface area is 189 Å². The third-order valence-electron chi connectivity index (χ3n) is 4.65. The monoisotopic (exact) mass is 449 g/mol. The van der Waals surface area contributed by atoms with Crippen LogP contribution in [0.25, 0.3) is 5.69 Å². The number of benzene rings is 3. The van der Waals surface area contributed by atoms with Gasteiger partial charge in [-0.25, -0.2) is 4.39 Å². The molecule has 0 atom stereocenters. The molecule has 0 fully saturated rings. The Balaban J connectivity index is 1.53. The molecule has 1 heterocycles. The van der Waals surface area contributed by atoms with Crippen molar-refractivity contribution in [2.24, 2.45) is 0 Å². The Bertz CT molecular complexity index is 1200. The number of Topliss-reactive ketones (excluding diaryl/α,β-unsaturated/α-hetero) is 1. The van der Waals surface area contributed by atoms with Gasteiger partial charge in [-0.1, -0.05) is 42.1 Å². The molecule has 0 bridgehead atoms. The van der Waals surface area contributed by atoms with Crippen LogP contribution < -0.4 is 9.47 Å². The van der Waals surface area contributed by atoms with Crippen LogP contribution in [0.5, 0.6) is 11.5 Å². The van der Waals surface area contributed by atoms with E-state index in [4.69, 9.17) is 9.47 Å². The molecule has 0 unspecified atom stereocenters. The van der Waals surface area contributed by atoms with E-state index in [1.807, 2.05) is 34.9 Å². The molecule has 0 spiro atoms. The zero-order chi connectivity index (χ0) is 22.3. The lowest BCUT2D eigenvalue weighted by Gasteiger charge is -2.11. The van der Waals surface area contributed by atoms with E-state index in [0.29, 0.717) is 22.3 Å². The molecule has 4 rings (SSSR count). The van der Waals surface area contributed by atoms with Gasteiger partial charge < -0.3 is 9.47 Å². The first-order valence-corrected chi connectivity index (χ1v) is 10.8. The molecule has 0 aliphatic rings. The van der Waals surface area contributed by atoms with Crippen LogP contribution >= 0.6 is 11.8 Å². The molecule has 1 aromatic heterocycles. The van der Waals surface area contributed by atoms with Gasteiger partial charge in [0.1, 0.15) is 12.4 Å². The topological polar surface area (TPSA) is 66.2 Å². The van der Waals surface area contributed by atoms with E-state index >= 15 is 0 Å². The Morgan fingerprint density at radius 2 is 1.69 bits per heavy atom. The quantitative estimate of drug-likeness (QED) is 0.266. The lowest BCUT2D eigenvalue weighted by atomic mass is 10.1. The number of hydrogen-bond donors (Lipinski definition) is 0. The number of hydrogen-bond acceptors (Lipinski definition) is 6. The summed E-state index contributed by atoms with van der Waals surface area (Å²) in [5.74, 6) is 1.03. The standard InChI is InChI=1S/C24H20FN3O3S/c1-30-19-13-11-17(12-14-19)21(29)16-32-24-27-26-23(28(24)18-7-3-2-4-8-18)15-31-22-10-6-5-9-20(22)25/h2-14H,15-16H2,1H3. The van der Waals surface area contributed by atoms with E-state index in [0.717, 1.165) is 5.69 Å². The second-order valence-corrected chi connectivity index (χ2v) is 7.67. The van der Waals surface area contributed by atoms with Crippen LogP contribution in [0.3, 0.4) is 0 Å². The fraction of sp³-hybridized carbons (Fsp3) is 0.125. The van der Waals surface area contributed by atoms with Gasteiger partial charge in [0.15, 0.2) is 28.3 Å². The summed E-state index contributed by atoms with van der Waals surface area (Å²) in [5, 5.41) is 9.02. The maximum absolute atomic E-state index is 13.9. The Morgan fingerprint density at radius 1 is 0.969 bits per heavy atom. The molecule has 162 valence electrons. The Kier molecular flexibility index (Phi) is 6.81. The van der Waals surface area contributed by atoms with Crippen molar-refractivity contribution in [2.75, 3.05) is 12.9 Å². The number of nitrogens with zero attached hydrogens (tertiary/aromatic N) is 3. The highest BCUT2D eigenvalue weighted by atomic mass is 32.2. The smallest absolute Gasteiger partial charge is 0.196 e. The van der Waals surface area contributed by atoms with Crippen molar-refractivity contribution in [1.82, 2.24) is 14.8 Å². The van der Waals surface area contributed by atoms with E-state index in [-0.39, 0.29) is 23.9 Å². The molecular formula is C24H20FN3O3S. The van der Waals surface area contributed by atoms with Crippen molar-refractivity contribution in [3.63, 3.8) is 0 Å². The fourth-order valence-electron chi connectivity index (χ4n) is 3.02. The first-order valence-electron chi connectivity index (χ1n) is 9.83. The maximum Gasteiger partial charge on any atom is 0.196 e. The molecule has 8 heteroatoms. The van der Waals surface area contributed by atoms with Crippen LogP contribution in [0.15, 0.2) is 84.0 Å². The molecule has 0 saturated heterocycles. The largest absolute Gasteiger partial charge is 0.497 e. The van der Waals surface area contributed by atoms with E-state index in [1.54, 1.807) is 49.6 Å². The SMILES string of the molecule is COc1ccc(C(=O)CSc2nnc(COc3ccccc3F)n2-c2ccccc2)cc1. The summed E-state index contributed by atoms with van der Waals surface area (Å²) >= 11 is 1.28. The predicted octanol–water partition coefficient (Wildman–Crippen LogP) is 4.97. The van der Waals surface area contributed by atoms with E-state index in [9.17, 15) is 9.18 Å². The van der Waals surface area contributed by atoms with Crippen LogP contribution in [-0.4, -0.2) is 33.4 Å². The first kappa shape index (κ1) is 21.6. The van der Waals surface area contributed by atoms with Gasteiger partial charge >= 0.3 is 0 Å². The van der Waals surface area contributed by atoms with Crippen molar-refractivity contribution in [3.05, 3.63) is 96.1 Å². The highest BCUT2D eigenvalue weighted by Gasteiger charge is 2.17. The number of thioether (sulfide) groups is 1. The second-order valence-electron chi connectivity index (χ2n) is 6.73. The average Bonchev–Trinajstić information content (AvgIpc) is 3.25. The average molecular weight is 450 g/mol. The summed E-state index contributed by atoms with van der Waals surface area (Å²) in [5.41, 5.74) is 1.41. The van der Waals surface area contributed by atoms with Crippen LogP contribution in [0.2, 0.25) is 0 Å². The minimum atomic E-state index is -0.446. The summed E-state index contributed by atoms with van der Waals surface area (Å²) in [7, 11) is 1.58. The normalized spacial score (nSPS) is 10.7. The Hall–Kier alpha value is -3.65. The number of ether oxygens (including phenoxy) is 2. The van der Waals surface area contributed by atoms with Gasteiger partial charge in [0.05, 0.1) is 12.9 Å². The molecule has 6 nitrogen and oxygen atoms in total. The van der Waals surface area contributed by atoms with E-state index < -0.39 is 5.82 Å². The summed E-state index contributed by atoms with van der Waals surface area (Å²) in [6.45, 7) is 0.0236. The highest BCUT2D eigenvalue weighted by Crippen LogP contribution is 2.25. The van der Waals surface area contributed by atoms with Gasteiger partial charge in [0.2, 0.25) is 0 Å². The third-order valence-corrected chi connectivity index (χ3v) is 5.58. The van der Waals surface area contributed by atoms with Crippen molar-refractivity contribution in [3.8, 4) is 17.2 Å². The maximum atomic E-state index is 13.9. The molecule has 0 N–H and O–H groups in total. The predicted molar refractivity (Wildman–Crippen MR) is 120 cm³/mol. The fourth-order valence-corrected chi connectivity index (χ4v) is 3.88. The molecule has 3 aromatic carbocycles. The van der Waals surface area contributed by atoms with Crippen LogP contribution in [-0.2, 0) is 6.61 Å². The van der Waals surface area contributed by atoms with Crippen LogP contribution in [0.4, 0.5) is 4.39 Å². The van der Waals surface area contributed by atoms with Crippen LogP contribution in [0.1, 0.15) is 16.2 Å². The zero-order valence-electron chi connectivity index (χ0n) is 17.3. The number of carbonyl (C=O) groups is 1. The van der Waals surface area contributed by atoms with Crippen molar-refractivity contribution < 1.29 is 18.7 Å². The number of aromatic nitrogens is 3. The Morgan fingerprint density at radius 3 is 2.41 bits per heavy atom.